The van der Waals surface area contributed by atoms with Crippen molar-refractivity contribution in [1.29, 1.82) is 0 Å². The Bertz CT molecular complexity index is 807. The van der Waals surface area contributed by atoms with E-state index in [9.17, 15) is 0 Å². The summed E-state index contributed by atoms with van der Waals surface area (Å²) in [5, 5.41) is 2.44. The molecule has 22 heavy (non-hydrogen) atoms. The van der Waals surface area contributed by atoms with Crippen LogP contribution >= 0.6 is 0 Å². The molecule has 0 aliphatic carbocycles. The largest absolute Gasteiger partial charge is 0.299 e. The molecule has 0 amide bonds. The molecule has 0 N–H and O–H groups in total. The van der Waals surface area contributed by atoms with Crippen LogP contribution in [0.3, 0.4) is 0 Å². The average molecular weight is 289 g/mol. The fourth-order valence-electron chi connectivity index (χ4n) is 3.53. The van der Waals surface area contributed by atoms with Crippen LogP contribution < -0.4 is 0 Å². The highest BCUT2D eigenvalue weighted by Gasteiger charge is 2.25. The summed E-state index contributed by atoms with van der Waals surface area (Å²) in [7, 11) is 2.20. The standard InChI is InChI=1S/C19H19N3/c1-22-12-4-7-18(22)17-13-20-10-9-16(17)19-15-6-3-2-5-14(15)8-11-21-19/h2-3,5-6,8-11,13,18H,4,7,12H2,1H3/t18-/m0/s1. The molecular formula is C19H19N3. The van der Waals surface area contributed by atoms with Crippen LogP contribution in [0.15, 0.2) is 55.0 Å². The molecule has 0 spiro atoms. The zero-order valence-corrected chi connectivity index (χ0v) is 12.7. The van der Waals surface area contributed by atoms with E-state index in [0.717, 1.165) is 12.2 Å². The van der Waals surface area contributed by atoms with Crippen LogP contribution in [0.4, 0.5) is 0 Å². The Labute approximate surface area is 130 Å². The number of aromatic nitrogens is 2. The quantitative estimate of drug-likeness (QED) is 0.712. The van der Waals surface area contributed by atoms with Crippen LogP contribution in [0.1, 0.15) is 24.4 Å². The van der Waals surface area contributed by atoms with E-state index >= 15 is 0 Å². The van der Waals surface area contributed by atoms with Gasteiger partial charge in [0.2, 0.25) is 0 Å². The van der Waals surface area contributed by atoms with E-state index in [0.29, 0.717) is 6.04 Å². The van der Waals surface area contributed by atoms with Crippen LogP contribution in [-0.2, 0) is 0 Å². The van der Waals surface area contributed by atoms with Gasteiger partial charge in [-0.05, 0) is 49.5 Å². The van der Waals surface area contributed by atoms with E-state index in [4.69, 9.17) is 0 Å². The van der Waals surface area contributed by atoms with E-state index in [1.54, 1.807) is 0 Å². The van der Waals surface area contributed by atoms with Gasteiger partial charge in [-0.2, -0.15) is 0 Å². The summed E-state index contributed by atoms with van der Waals surface area (Å²) >= 11 is 0. The fourth-order valence-corrected chi connectivity index (χ4v) is 3.53. The van der Waals surface area contributed by atoms with Crippen molar-refractivity contribution in [3.05, 3.63) is 60.6 Å². The topological polar surface area (TPSA) is 29.0 Å². The number of hydrogen-bond acceptors (Lipinski definition) is 3. The van der Waals surface area contributed by atoms with Gasteiger partial charge in [-0.25, -0.2) is 0 Å². The number of fused-ring (bicyclic) bond motifs is 1. The molecule has 0 bridgehead atoms. The molecule has 110 valence electrons. The van der Waals surface area contributed by atoms with E-state index in [-0.39, 0.29) is 0 Å². The van der Waals surface area contributed by atoms with Crippen molar-refractivity contribution in [2.24, 2.45) is 0 Å². The first-order valence-electron chi connectivity index (χ1n) is 7.83. The first-order valence-corrected chi connectivity index (χ1v) is 7.83. The van der Waals surface area contributed by atoms with Gasteiger partial charge in [-0.15, -0.1) is 0 Å². The zero-order valence-electron chi connectivity index (χ0n) is 12.7. The van der Waals surface area contributed by atoms with Gasteiger partial charge in [0.1, 0.15) is 0 Å². The number of hydrogen-bond donors (Lipinski definition) is 0. The maximum atomic E-state index is 4.69. The minimum Gasteiger partial charge on any atom is -0.299 e. The van der Waals surface area contributed by atoms with Crippen molar-refractivity contribution in [3.8, 4) is 11.3 Å². The lowest BCUT2D eigenvalue weighted by Gasteiger charge is -2.22. The maximum Gasteiger partial charge on any atom is 0.0784 e. The lowest BCUT2D eigenvalue weighted by Crippen LogP contribution is -2.18. The Kier molecular flexibility index (Phi) is 3.35. The van der Waals surface area contributed by atoms with E-state index in [2.05, 4.69) is 58.3 Å². The van der Waals surface area contributed by atoms with Crippen molar-refractivity contribution >= 4 is 10.8 Å². The van der Waals surface area contributed by atoms with Crippen LogP contribution in [-0.4, -0.2) is 28.5 Å². The van der Waals surface area contributed by atoms with Crippen LogP contribution in [0.25, 0.3) is 22.0 Å². The SMILES string of the molecule is CN1CCC[C@H]1c1cnccc1-c1nccc2ccccc12. The summed E-state index contributed by atoms with van der Waals surface area (Å²) in [6.45, 7) is 1.15. The molecule has 3 heterocycles. The first-order chi connectivity index (χ1) is 10.8. The minimum atomic E-state index is 0.449. The lowest BCUT2D eigenvalue weighted by atomic mass is 9.96. The smallest absolute Gasteiger partial charge is 0.0784 e. The Morgan fingerprint density at radius 2 is 2.00 bits per heavy atom. The third-order valence-corrected chi connectivity index (χ3v) is 4.66. The number of nitrogens with zero attached hydrogens (tertiary/aromatic N) is 3. The summed E-state index contributed by atoms with van der Waals surface area (Å²) < 4.78 is 0. The number of likely N-dealkylation sites (tertiary alicyclic amines) is 1. The molecule has 1 aromatic carbocycles. The Hall–Kier alpha value is -2.26. The van der Waals surface area contributed by atoms with E-state index < -0.39 is 0 Å². The van der Waals surface area contributed by atoms with Crippen LogP contribution in [0, 0.1) is 0 Å². The summed E-state index contributed by atoms with van der Waals surface area (Å²) in [6.07, 6.45) is 8.24. The number of benzene rings is 1. The molecule has 1 atom stereocenters. The van der Waals surface area contributed by atoms with Crippen molar-refractivity contribution in [1.82, 2.24) is 14.9 Å². The van der Waals surface area contributed by atoms with Gasteiger partial charge >= 0.3 is 0 Å². The summed E-state index contributed by atoms with van der Waals surface area (Å²) in [4.78, 5) is 11.5. The fraction of sp³-hybridized carbons (Fsp3) is 0.263. The van der Waals surface area contributed by atoms with Gasteiger partial charge in [-0.3, -0.25) is 14.9 Å². The first kappa shape index (κ1) is 13.4. The van der Waals surface area contributed by atoms with E-state index in [1.807, 2.05) is 18.6 Å². The van der Waals surface area contributed by atoms with E-state index in [1.165, 1.54) is 34.7 Å². The van der Waals surface area contributed by atoms with Gasteiger partial charge in [0.15, 0.2) is 0 Å². The second-order valence-electron chi connectivity index (χ2n) is 5.98. The van der Waals surface area contributed by atoms with Crippen molar-refractivity contribution in [2.75, 3.05) is 13.6 Å². The second-order valence-corrected chi connectivity index (χ2v) is 5.98. The van der Waals surface area contributed by atoms with Crippen LogP contribution in [0.2, 0.25) is 0 Å². The molecule has 0 radical (unpaired) electrons. The monoisotopic (exact) mass is 289 g/mol. The van der Waals surface area contributed by atoms with Gasteiger partial charge in [0, 0.05) is 35.6 Å². The average Bonchev–Trinajstić information content (AvgIpc) is 3.00. The van der Waals surface area contributed by atoms with Crippen molar-refractivity contribution < 1.29 is 0 Å². The normalized spacial score (nSPS) is 18.9. The predicted molar refractivity (Wildman–Crippen MR) is 89.6 cm³/mol. The Morgan fingerprint density at radius 3 is 2.86 bits per heavy atom. The molecule has 0 unspecified atom stereocenters. The molecule has 2 aromatic heterocycles. The molecule has 3 nitrogen and oxygen atoms in total. The summed E-state index contributed by atoms with van der Waals surface area (Å²) in [5.41, 5.74) is 3.58. The highest BCUT2D eigenvalue weighted by atomic mass is 15.1. The highest BCUT2D eigenvalue weighted by Crippen LogP contribution is 2.37. The molecule has 1 fully saturated rings. The van der Waals surface area contributed by atoms with Crippen LogP contribution in [0.5, 0.6) is 0 Å². The molecule has 1 aliphatic rings. The number of rotatable bonds is 2. The van der Waals surface area contributed by atoms with Gasteiger partial charge < -0.3 is 0 Å². The summed E-state index contributed by atoms with van der Waals surface area (Å²) in [5.74, 6) is 0. The molecule has 1 saturated heterocycles. The molecule has 3 heteroatoms. The van der Waals surface area contributed by atoms with Gasteiger partial charge in [-0.1, -0.05) is 24.3 Å². The summed E-state index contributed by atoms with van der Waals surface area (Å²) in [6, 6.07) is 13.1. The van der Waals surface area contributed by atoms with Crippen molar-refractivity contribution in [3.63, 3.8) is 0 Å². The van der Waals surface area contributed by atoms with Gasteiger partial charge in [0.25, 0.3) is 0 Å². The van der Waals surface area contributed by atoms with Gasteiger partial charge in [0.05, 0.1) is 5.69 Å². The molecule has 3 aromatic rings. The third kappa shape index (κ3) is 2.18. The highest BCUT2D eigenvalue weighted by molar-refractivity contribution is 5.95. The minimum absolute atomic E-state index is 0.449. The molecule has 0 saturated carbocycles. The lowest BCUT2D eigenvalue weighted by molar-refractivity contribution is 0.317. The second kappa shape index (κ2) is 5.50. The predicted octanol–water partition coefficient (Wildman–Crippen LogP) is 4.06. The Balaban J connectivity index is 1.92. The Morgan fingerprint density at radius 1 is 1.09 bits per heavy atom. The molecule has 1 aliphatic heterocycles. The zero-order chi connectivity index (χ0) is 14.9. The number of pyridine rings is 2. The third-order valence-electron chi connectivity index (χ3n) is 4.66. The maximum absolute atomic E-state index is 4.69. The molecule has 4 rings (SSSR count). The molecular weight excluding hydrogens is 270 g/mol. The van der Waals surface area contributed by atoms with Crippen molar-refractivity contribution in [2.45, 2.75) is 18.9 Å².